The third-order valence-electron chi connectivity index (χ3n) is 5.36. The van der Waals surface area contributed by atoms with Crippen LogP contribution in [0.25, 0.3) is 0 Å². The van der Waals surface area contributed by atoms with Gasteiger partial charge in [-0.2, -0.15) is 4.31 Å². The van der Waals surface area contributed by atoms with Gasteiger partial charge in [-0.05, 0) is 60.7 Å². The highest BCUT2D eigenvalue weighted by Gasteiger charge is 2.33. The van der Waals surface area contributed by atoms with Crippen LogP contribution in [0, 0.1) is 13.8 Å². The second-order valence-electron chi connectivity index (χ2n) is 7.79. The Balaban J connectivity index is 1.50. The van der Waals surface area contributed by atoms with Crippen molar-refractivity contribution in [2.24, 2.45) is 0 Å². The first-order valence-electron chi connectivity index (χ1n) is 10.2. The van der Waals surface area contributed by atoms with Gasteiger partial charge in [-0.25, -0.2) is 8.42 Å². The van der Waals surface area contributed by atoms with Crippen LogP contribution < -0.4 is 10.2 Å². The topological polar surface area (TPSA) is 69.7 Å². The Morgan fingerprint density at radius 3 is 2.31 bits per heavy atom. The van der Waals surface area contributed by atoms with E-state index in [2.05, 4.69) is 10.2 Å². The second-order valence-corrected chi connectivity index (χ2v) is 11.0. The predicted octanol–water partition coefficient (Wildman–Crippen LogP) is 4.78. The molecule has 1 saturated heterocycles. The van der Waals surface area contributed by atoms with Crippen LogP contribution in [0.4, 0.5) is 11.4 Å². The number of benzene rings is 2. The number of halogens is 1. The molecule has 0 saturated carbocycles. The average Bonchev–Trinajstić information content (AvgIpc) is 3.25. The van der Waals surface area contributed by atoms with E-state index in [9.17, 15) is 13.2 Å². The van der Waals surface area contributed by atoms with Crippen molar-refractivity contribution >= 4 is 50.2 Å². The molecule has 1 amide bonds. The van der Waals surface area contributed by atoms with E-state index >= 15 is 0 Å². The van der Waals surface area contributed by atoms with Crippen molar-refractivity contribution in [2.75, 3.05) is 36.4 Å². The predicted molar refractivity (Wildman–Crippen MR) is 131 cm³/mol. The van der Waals surface area contributed by atoms with Gasteiger partial charge >= 0.3 is 0 Å². The highest BCUT2D eigenvalue weighted by atomic mass is 35.5. The molecule has 0 aliphatic carbocycles. The molecule has 6 nitrogen and oxygen atoms in total. The van der Waals surface area contributed by atoms with Crippen molar-refractivity contribution in [3.05, 3.63) is 74.9 Å². The summed E-state index contributed by atoms with van der Waals surface area (Å²) in [6.45, 7) is 5.59. The zero-order chi connectivity index (χ0) is 22.9. The summed E-state index contributed by atoms with van der Waals surface area (Å²) in [5.74, 6) is -0.418. The lowest BCUT2D eigenvalue weighted by molar-refractivity contribution is 0.102. The number of nitrogens with zero attached hydrogens (tertiary/aromatic N) is 2. The quantitative estimate of drug-likeness (QED) is 0.560. The molecule has 2 heterocycles. The SMILES string of the molecule is Cc1cc(C)cc(NC(=O)c2sccc2S(=O)(=O)N2CCN(c3ccccc3Cl)CC2)c1. The molecule has 32 heavy (non-hydrogen) atoms. The molecule has 0 bridgehead atoms. The molecule has 2 aromatic carbocycles. The normalized spacial score (nSPS) is 15.0. The number of carbonyl (C=O) groups is 1. The number of amides is 1. The zero-order valence-corrected chi connectivity index (χ0v) is 20.2. The van der Waals surface area contributed by atoms with Gasteiger partial charge in [-0.15, -0.1) is 11.3 Å². The molecule has 1 aliphatic rings. The summed E-state index contributed by atoms with van der Waals surface area (Å²) >= 11 is 7.42. The molecule has 1 fully saturated rings. The number of sulfonamides is 1. The Labute approximate surface area is 197 Å². The van der Waals surface area contributed by atoms with Gasteiger partial charge < -0.3 is 10.2 Å². The average molecular weight is 490 g/mol. The molecule has 1 aliphatic heterocycles. The van der Waals surface area contributed by atoms with E-state index in [1.807, 2.05) is 56.3 Å². The van der Waals surface area contributed by atoms with Crippen LogP contribution in [0.5, 0.6) is 0 Å². The molecule has 9 heteroatoms. The maximum absolute atomic E-state index is 13.4. The van der Waals surface area contributed by atoms with Crippen molar-refractivity contribution in [2.45, 2.75) is 18.7 Å². The van der Waals surface area contributed by atoms with E-state index in [4.69, 9.17) is 11.6 Å². The lowest BCUT2D eigenvalue weighted by atomic mass is 10.1. The highest BCUT2D eigenvalue weighted by Crippen LogP contribution is 2.30. The first-order valence-corrected chi connectivity index (χ1v) is 12.9. The monoisotopic (exact) mass is 489 g/mol. The van der Waals surface area contributed by atoms with Gasteiger partial charge in [0.05, 0.1) is 10.7 Å². The third kappa shape index (κ3) is 4.68. The first kappa shape index (κ1) is 22.8. The van der Waals surface area contributed by atoms with E-state index in [-0.39, 0.29) is 9.77 Å². The van der Waals surface area contributed by atoms with E-state index < -0.39 is 15.9 Å². The van der Waals surface area contributed by atoms with E-state index in [0.29, 0.717) is 36.9 Å². The molecule has 0 radical (unpaired) electrons. The first-order chi connectivity index (χ1) is 15.3. The Morgan fingerprint density at radius 2 is 1.66 bits per heavy atom. The summed E-state index contributed by atoms with van der Waals surface area (Å²) in [6.07, 6.45) is 0. The molecule has 1 N–H and O–H groups in total. The fourth-order valence-corrected chi connectivity index (χ4v) is 6.89. The number of nitrogens with one attached hydrogen (secondary N) is 1. The maximum atomic E-state index is 13.4. The van der Waals surface area contributed by atoms with Crippen molar-refractivity contribution in [1.82, 2.24) is 4.31 Å². The minimum atomic E-state index is -3.80. The summed E-state index contributed by atoms with van der Waals surface area (Å²) in [6, 6.07) is 14.8. The van der Waals surface area contributed by atoms with Crippen LogP contribution in [0.15, 0.2) is 58.8 Å². The highest BCUT2D eigenvalue weighted by molar-refractivity contribution is 7.89. The summed E-state index contributed by atoms with van der Waals surface area (Å²) in [7, 11) is -3.80. The van der Waals surface area contributed by atoms with Crippen molar-refractivity contribution in [3.63, 3.8) is 0 Å². The molecule has 3 aromatic rings. The fraction of sp³-hybridized carbons (Fsp3) is 0.261. The van der Waals surface area contributed by atoms with Gasteiger partial charge in [0.1, 0.15) is 9.77 Å². The number of carbonyl (C=O) groups excluding carboxylic acids is 1. The molecule has 4 rings (SSSR count). The van der Waals surface area contributed by atoms with Gasteiger partial charge in [0.15, 0.2) is 0 Å². The second kappa shape index (κ2) is 9.23. The molecule has 168 valence electrons. The summed E-state index contributed by atoms with van der Waals surface area (Å²) in [5, 5.41) is 5.13. The Morgan fingerprint density at radius 1 is 1.00 bits per heavy atom. The number of aryl methyl sites for hydroxylation is 2. The lowest BCUT2D eigenvalue weighted by Crippen LogP contribution is -2.48. The van der Waals surface area contributed by atoms with Gasteiger partial charge in [0.2, 0.25) is 10.0 Å². The molecular weight excluding hydrogens is 466 g/mol. The number of thiophene rings is 1. The van der Waals surface area contributed by atoms with Crippen LogP contribution in [0.1, 0.15) is 20.8 Å². The fourth-order valence-electron chi connectivity index (χ4n) is 3.92. The van der Waals surface area contributed by atoms with Crippen molar-refractivity contribution in [1.29, 1.82) is 0 Å². The third-order valence-corrected chi connectivity index (χ3v) is 8.67. The minimum Gasteiger partial charge on any atom is -0.368 e. The Kier molecular flexibility index (Phi) is 6.57. The number of para-hydroxylation sites is 1. The zero-order valence-electron chi connectivity index (χ0n) is 17.8. The van der Waals surface area contributed by atoms with Gasteiger partial charge in [0, 0.05) is 31.9 Å². The largest absolute Gasteiger partial charge is 0.368 e. The van der Waals surface area contributed by atoms with Crippen LogP contribution >= 0.6 is 22.9 Å². The summed E-state index contributed by atoms with van der Waals surface area (Å²) in [5.41, 5.74) is 3.60. The standard InChI is InChI=1S/C23H24ClN3O3S2/c1-16-13-17(2)15-18(14-16)25-23(28)22-21(7-12-31-22)32(29,30)27-10-8-26(9-11-27)20-6-4-3-5-19(20)24/h3-7,12-15H,8-11H2,1-2H3,(H,25,28). The smallest absolute Gasteiger partial charge is 0.267 e. The van der Waals surface area contributed by atoms with Gasteiger partial charge in [0.25, 0.3) is 5.91 Å². The van der Waals surface area contributed by atoms with Gasteiger partial charge in [-0.3, -0.25) is 4.79 Å². The van der Waals surface area contributed by atoms with Crippen LogP contribution in [-0.2, 0) is 10.0 Å². The summed E-state index contributed by atoms with van der Waals surface area (Å²) < 4.78 is 28.1. The van der Waals surface area contributed by atoms with E-state index in [1.165, 1.54) is 10.4 Å². The minimum absolute atomic E-state index is 0.0515. The summed E-state index contributed by atoms with van der Waals surface area (Å²) in [4.78, 5) is 15.2. The molecular formula is C23H24ClN3O3S2. The van der Waals surface area contributed by atoms with Crippen molar-refractivity contribution in [3.8, 4) is 0 Å². The van der Waals surface area contributed by atoms with E-state index in [1.54, 1.807) is 5.38 Å². The molecule has 0 atom stereocenters. The Bertz CT molecular complexity index is 1230. The lowest BCUT2D eigenvalue weighted by Gasteiger charge is -2.35. The number of piperazine rings is 1. The van der Waals surface area contributed by atoms with E-state index in [0.717, 1.165) is 28.2 Å². The van der Waals surface area contributed by atoms with Gasteiger partial charge in [-0.1, -0.05) is 29.8 Å². The number of hydrogen-bond donors (Lipinski definition) is 1. The Hall–Kier alpha value is -2.39. The molecule has 1 aromatic heterocycles. The van der Waals surface area contributed by atoms with Crippen LogP contribution in [-0.4, -0.2) is 44.8 Å². The number of hydrogen-bond acceptors (Lipinski definition) is 5. The maximum Gasteiger partial charge on any atom is 0.267 e. The number of rotatable bonds is 5. The van der Waals surface area contributed by atoms with Crippen molar-refractivity contribution < 1.29 is 13.2 Å². The molecule has 0 unspecified atom stereocenters. The number of anilines is 2. The van der Waals surface area contributed by atoms with Crippen LogP contribution in [0.3, 0.4) is 0 Å². The van der Waals surface area contributed by atoms with Crippen LogP contribution in [0.2, 0.25) is 5.02 Å². The molecule has 0 spiro atoms.